The van der Waals surface area contributed by atoms with Gasteiger partial charge in [-0.15, -0.1) is 0 Å². The molecule has 8 heteroatoms. The molecule has 0 radical (unpaired) electrons. The summed E-state index contributed by atoms with van der Waals surface area (Å²) >= 11 is 0. The van der Waals surface area contributed by atoms with Crippen molar-refractivity contribution in [1.82, 2.24) is 0 Å². The van der Waals surface area contributed by atoms with Crippen LogP contribution >= 0.6 is 0 Å². The van der Waals surface area contributed by atoms with Crippen LogP contribution in [0, 0.1) is 63.1 Å². The maximum atomic E-state index is 13.1. The number of phenolic OH excluding ortho intramolecular Hbond substituents is 1. The Morgan fingerprint density at radius 3 is 2.35 bits per heavy atom. The quantitative estimate of drug-likeness (QED) is 0.152. The molecule has 4 N–H and O–H groups in total. The molecule has 5 aliphatic carbocycles. The summed E-state index contributed by atoms with van der Waals surface area (Å²) in [5.41, 5.74) is 0.804. The fourth-order valence-corrected chi connectivity index (χ4v) is 12.4. The van der Waals surface area contributed by atoms with E-state index in [1.807, 2.05) is 0 Å². The van der Waals surface area contributed by atoms with Crippen LogP contribution in [0.15, 0.2) is 35.9 Å². The first-order valence-corrected chi connectivity index (χ1v) is 18.0. The zero-order valence-electron chi connectivity index (χ0n) is 29.9. The standard InChI is InChI=1S/C40H56O8/c1-21-17-24(36(45)46)34-27(42)20-40(7)25(33(34)22(21)2)11-13-31-38(5)19-28(43)35(37(3,4)30(38)15-16-39(31,40)6)48-32(44)14-10-23-9-12-29(47-8)26(41)18-23/h9-12,14,18,21-22,24,27-28,30-31,33-35,41-43H,13,15-17,19-20H2,1-8H3,(H,45,46)/b14-10+/t21-,22+,24?,27?,28-,30?,31?,33+,34?,35-,38+,39-,40-/m1/s1. The summed E-state index contributed by atoms with van der Waals surface area (Å²) in [6, 6.07) is 4.88. The van der Waals surface area contributed by atoms with Crippen molar-refractivity contribution >= 4 is 18.0 Å². The molecule has 6 rings (SSSR count). The van der Waals surface area contributed by atoms with Crippen LogP contribution in [0.4, 0.5) is 0 Å². The van der Waals surface area contributed by atoms with Gasteiger partial charge in [-0.05, 0) is 108 Å². The fourth-order valence-electron chi connectivity index (χ4n) is 12.4. The Morgan fingerprint density at radius 2 is 1.71 bits per heavy atom. The van der Waals surface area contributed by atoms with Crippen molar-refractivity contribution in [3.8, 4) is 11.5 Å². The first-order chi connectivity index (χ1) is 22.4. The number of ether oxygens (including phenoxy) is 2. The summed E-state index contributed by atoms with van der Waals surface area (Å²) in [5.74, 6) is -0.786. The average Bonchev–Trinajstić information content (AvgIpc) is 3.00. The fraction of sp³-hybridized carbons (Fsp3) is 0.700. The van der Waals surface area contributed by atoms with Gasteiger partial charge in [-0.3, -0.25) is 4.79 Å². The van der Waals surface area contributed by atoms with E-state index in [-0.39, 0.29) is 57.5 Å². The second-order valence-electron chi connectivity index (χ2n) is 17.4. The van der Waals surface area contributed by atoms with Crippen molar-refractivity contribution in [2.24, 2.45) is 63.1 Å². The number of hydrogen-bond donors (Lipinski definition) is 4. The first-order valence-electron chi connectivity index (χ1n) is 18.0. The Kier molecular flexibility index (Phi) is 8.67. The smallest absolute Gasteiger partial charge is 0.331 e. The average molecular weight is 665 g/mol. The number of aliphatic hydroxyl groups is 2. The summed E-state index contributed by atoms with van der Waals surface area (Å²) in [7, 11) is 1.48. The number of rotatable bonds is 5. The molecule has 0 heterocycles. The molecule has 13 atom stereocenters. The lowest BCUT2D eigenvalue weighted by Gasteiger charge is -2.71. The molecular weight excluding hydrogens is 608 g/mol. The van der Waals surface area contributed by atoms with Crippen LogP contribution in [0.2, 0.25) is 0 Å². The lowest BCUT2D eigenvalue weighted by Crippen LogP contribution is -2.68. The summed E-state index contributed by atoms with van der Waals surface area (Å²) in [5, 5.41) is 43.9. The molecule has 0 aliphatic heterocycles. The van der Waals surface area contributed by atoms with E-state index in [2.05, 4.69) is 54.5 Å². The number of methoxy groups -OCH3 is 1. The molecule has 8 nitrogen and oxygen atoms in total. The summed E-state index contributed by atoms with van der Waals surface area (Å²) in [6.45, 7) is 15.7. The van der Waals surface area contributed by atoms with Crippen molar-refractivity contribution in [3.63, 3.8) is 0 Å². The second-order valence-corrected chi connectivity index (χ2v) is 17.4. The number of fused-ring (bicyclic) bond motifs is 7. The summed E-state index contributed by atoms with van der Waals surface area (Å²) in [6.07, 6.45) is 7.54. The molecule has 5 unspecified atom stereocenters. The Morgan fingerprint density at radius 1 is 1.00 bits per heavy atom. The van der Waals surface area contributed by atoms with Gasteiger partial charge in [-0.25, -0.2) is 4.79 Å². The molecule has 48 heavy (non-hydrogen) atoms. The maximum Gasteiger partial charge on any atom is 0.331 e. The molecule has 264 valence electrons. The molecule has 1 aromatic carbocycles. The van der Waals surface area contributed by atoms with E-state index >= 15 is 0 Å². The number of carbonyl (C=O) groups is 2. The van der Waals surface area contributed by atoms with Gasteiger partial charge in [0, 0.05) is 17.4 Å². The lowest BCUT2D eigenvalue weighted by molar-refractivity contribution is -0.240. The van der Waals surface area contributed by atoms with Gasteiger partial charge in [0.15, 0.2) is 11.5 Å². The van der Waals surface area contributed by atoms with E-state index in [4.69, 9.17) is 9.47 Å². The molecule has 0 amide bonds. The van der Waals surface area contributed by atoms with Crippen molar-refractivity contribution in [2.75, 3.05) is 7.11 Å². The van der Waals surface area contributed by atoms with Crippen molar-refractivity contribution in [2.45, 2.75) is 105 Å². The Balaban J connectivity index is 1.28. The van der Waals surface area contributed by atoms with Gasteiger partial charge in [-0.2, -0.15) is 0 Å². The highest BCUT2D eigenvalue weighted by molar-refractivity contribution is 5.87. The Labute approximate surface area is 285 Å². The number of carbonyl (C=O) groups excluding carboxylic acids is 1. The predicted octanol–water partition coefficient (Wildman–Crippen LogP) is 6.87. The lowest BCUT2D eigenvalue weighted by atomic mass is 9.33. The van der Waals surface area contributed by atoms with Crippen LogP contribution < -0.4 is 4.74 Å². The van der Waals surface area contributed by atoms with Gasteiger partial charge < -0.3 is 29.9 Å². The number of benzene rings is 1. The molecule has 0 aromatic heterocycles. The number of aliphatic carboxylic acids is 1. The number of aliphatic hydroxyl groups excluding tert-OH is 2. The van der Waals surface area contributed by atoms with Gasteiger partial charge >= 0.3 is 11.9 Å². The van der Waals surface area contributed by atoms with Crippen molar-refractivity contribution in [1.29, 1.82) is 0 Å². The first kappa shape index (κ1) is 35.0. The van der Waals surface area contributed by atoms with E-state index < -0.39 is 41.6 Å². The van der Waals surface area contributed by atoms with Crippen molar-refractivity contribution < 1.29 is 39.5 Å². The molecule has 0 bridgehead atoms. The minimum atomic E-state index is -0.846. The topological polar surface area (TPSA) is 134 Å². The molecule has 1 aromatic rings. The van der Waals surface area contributed by atoms with Gasteiger partial charge in [0.2, 0.25) is 0 Å². The Bertz CT molecular complexity index is 1510. The molecule has 4 fully saturated rings. The van der Waals surface area contributed by atoms with Crippen LogP contribution in [-0.2, 0) is 14.3 Å². The number of allylic oxidation sites excluding steroid dienone is 2. The van der Waals surface area contributed by atoms with Gasteiger partial charge in [0.1, 0.15) is 6.10 Å². The maximum absolute atomic E-state index is 13.1. The van der Waals surface area contributed by atoms with Crippen LogP contribution in [0.1, 0.15) is 92.6 Å². The van der Waals surface area contributed by atoms with Crippen LogP contribution in [-0.4, -0.2) is 57.8 Å². The molecule has 0 spiro atoms. The Hall–Kier alpha value is -2.84. The third kappa shape index (κ3) is 5.06. The van der Waals surface area contributed by atoms with E-state index in [1.54, 1.807) is 18.2 Å². The monoisotopic (exact) mass is 664 g/mol. The van der Waals surface area contributed by atoms with Gasteiger partial charge in [0.05, 0.1) is 25.2 Å². The molecular formula is C40H56O8. The summed E-state index contributed by atoms with van der Waals surface area (Å²) < 4.78 is 11.1. The summed E-state index contributed by atoms with van der Waals surface area (Å²) in [4.78, 5) is 25.6. The van der Waals surface area contributed by atoms with Crippen molar-refractivity contribution in [3.05, 3.63) is 41.5 Å². The number of hydrogen-bond acceptors (Lipinski definition) is 7. The minimum absolute atomic E-state index is 0.0196. The molecule has 0 saturated heterocycles. The largest absolute Gasteiger partial charge is 0.504 e. The van der Waals surface area contributed by atoms with Gasteiger partial charge in [-0.1, -0.05) is 66.2 Å². The SMILES string of the molecule is COc1ccc(/C=C/C(=O)O[C@@H]2[C@H](O)C[C@@]3(C)C(CC[C@]4(C)C3CC=C3[C@H]5C(C(O)C[C@]34C)C(C(=O)O)C[C@@H](C)[C@@H]5C)C2(C)C)cc1O. The normalized spacial score (nSPS) is 44.8. The van der Waals surface area contributed by atoms with Crippen LogP contribution in [0.3, 0.4) is 0 Å². The van der Waals surface area contributed by atoms with E-state index in [9.17, 15) is 30.0 Å². The number of carboxylic acids is 1. The van der Waals surface area contributed by atoms with E-state index in [0.29, 0.717) is 30.6 Å². The zero-order valence-corrected chi connectivity index (χ0v) is 29.9. The predicted molar refractivity (Wildman–Crippen MR) is 183 cm³/mol. The highest BCUT2D eigenvalue weighted by Crippen LogP contribution is 2.74. The molecule has 4 saturated carbocycles. The zero-order chi connectivity index (χ0) is 35.1. The molecule has 5 aliphatic rings. The third-order valence-corrected chi connectivity index (χ3v) is 15.0. The highest BCUT2D eigenvalue weighted by atomic mass is 16.6. The number of carboxylic acid groups (broad SMARTS) is 1. The van der Waals surface area contributed by atoms with Crippen LogP contribution in [0.25, 0.3) is 6.08 Å². The second kappa shape index (κ2) is 11.9. The van der Waals surface area contributed by atoms with Gasteiger partial charge in [0.25, 0.3) is 0 Å². The number of aromatic hydroxyl groups is 1. The highest BCUT2D eigenvalue weighted by Gasteiger charge is 2.70. The number of phenols is 1. The number of esters is 1. The minimum Gasteiger partial charge on any atom is -0.504 e. The van der Waals surface area contributed by atoms with E-state index in [0.717, 1.165) is 19.3 Å². The third-order valence-electron chi connectivity index (χ3n) is 15.0. The van der Waals surface area contributed by atoms with Crippen LogP contribution in [0.5, 0.6) is 11.5 Å². The van der Waals surface area contributed by atoms with E-state index in [1.165, 1.54) is 24.8 Å².